The summed E-state index contributed by atoms with van der Waals surface area (Å²) in [6.07, 6.45) is 0. The molecule has 0 bridgehead atoms. The van der Waals surface area contributed by atoms with Crippen LogP contribution in [0.5, 0.6) is 0 Å². The van der Waals surface area contributed by atoms with E-state index >= 15 is 0 Å². The van der Waals surface area contributed by atoms with E-state index in [1.54, 1.807) is 19.9 Å². The number of hydrogen-bond donors (Lipinski definition) is 1. The highest BCUT2D eigenvalue weighted by molar-refractivity contribution is 7.91. The molecular weight excluding hydrogens is 322 g/mol. The van der Waals surface area contributed by atoms with Gasteiger partial charge in [-0.15, -0.1) is 11.3 Å². The molecular formula is C15H19NO4S2. The molecule has 1 atom stereocenters. The highest BCUT2D eigenvalue weighted by Crippen LogP contribution is 2.29. The first-order valence-electron chi connectivity index (χ1n) is 6.98. The average Bonchev–Trinajstić information content (AvgIpc) is 3.06. The first-order valence-corrected chi connectivity index (χ1v) is 9.62. The molecule has 0 aromatic carbocycles. The Morgan fingerprint density at radius 1 is 1.32 bits per heavy atom. The van der Waals surface area contributed by atoms with E-state index in [1.165, 1.54) is 11.3 Å². The number of aryl methyl sites for hydroxylation is 1. The second kappa shape index (κ2) is 6.66. The summed E-state index contributed by atoms with van der Waals surface area (Å²) in [6, 6.07) is 6.85. The van der Waals surface area contributed by atoms with Crippen molar-refractivity contribution in [1.29, 1.82) is 0 Å². The molecule has 0 aliphatic heterocycles. The number of nitrogens with one attached hydrogen (secondary N) is 1. The zero-order chi connectivity index (χ0) is 16.3. The van der Waals surface area contributed by atoms with Gasteiger partial charge in [-0.2, -0.15) is 0 Å². The molecule has 22 heavy (non-hydrogen) atoms. The molecule has 2 aromatic heterocycles. The second-order valence-electron chi connectivity index (χ2n) is 5.15. The quantitative estimate of drug-likeness (QED) is 0.876. The lowest BCUT2D eigenvalue weighted by Gasteiger charge is -2.12. The number of carbonyl (C=O) groups is 1. The Bertz CT molecular complexity index is 758. The fraction of sp³-hybridized carbons (Fsp3) is 0.400. The maximum absolute atomic E-state index is 12.2. The van der Waals surface area contributed by atoms with Crippen molar-refractivity contribution in [2.45, 2.75) is 26.8 Å². The lowest BCUT2D eigenvalue weighted by Crippen LogP contribution is -2.37. The summed E-state index contributed by atoms with van der Waals surface area (Å²) >= 11 is 1.32. The lowest BCUT2D eigenvalue weighted by molar-refractivity contribution is 0.0947. The molecule has 0 saturated heterocycles. The van der Waals surface area contributed by atoms with Crippen LogP contribution in [0.3, 0.4) is 0 Å². The monoisotopic (exact) mass is 341 g/mol. The van der Waals surface area contributed by atoms with Crippen molar-refractivity contribution < 1.29 is 17.6 Å². The number of amides is 1. The number of thiophene rings is 1. The topological polar surface area (TPSA) is 76.4 Å². The Hall–Kier alpha value is -1.60. The molecule has 0 fully saturated rings. The largest absolute Gasteiger partial charge is 0.461 e. The minimum absolute atomic E-state index is 0.0507. The van der Waals surface area contributed by atoms with Crippen molar-refractivity contribution in [3.63, 3.8) is 0 Å². The van der Waals surface area contributed by atoms with Gasteiger partial charge >= 0.3 is 0 Å². The molecule has 1 amide bonds. The van der Waals surface area contributed by atoms with Crippen molar-refractivity contribution in [3.8, 4) is 10.6 Å². The molecule has 2 heterocycles. The Morgan fingerprint density at radius 2 is 2.05 bits per heavy atom. The standard InChI is InChI=1S/C15H19NO4S2/c1-4-22(18,19)9-10(2)16-15(17)14-8-7-13(21-14)12-6-5-11(3)20-12/h5-8,10H,4,9H2,1-3H3,(H,16,17)/t10-/m0/s1. The van der Waals surface area contributed by atoms with Crippen molar-refractivity contribution in [2.24, 2.45) is 0 Å². The van der Waals surface area contributed by atoms with Gasteiger partial charge in [-0.1, -0.05) is 6.92 Å². The number of carbonyl (C=O) groups excluding carboxylic acids is 1. The summed E-state index contributed by atoms with van der Waals surface area (Å²) in [5.41, 5.74) is 0. The highest BCUT2D eigenvalue weighted by Gasteiger charge is 2.18. The van der Waals surface area contributed by atoms with E-state index in [1.807, 2.05) is 25.1 Å². The van der Waals surface area contributed by atoms with E-state index in [0.29, 0.717) is 4.88 Å². The molecule has 0 unspecified atom stereocenters. The minimum atomic E-state index is -3.11. The SMILES string of the molecule is CCS(=O)(=O)C[C@H](C)NC(=O)c1ccc(-c2ccc(C)o2)s1. The summed E-state index contributed by atoms with van der Waals surface area (Å²) in [5, 5.41) is 2.72. The van der Waals surface area contributed by atoms with Crippen LogP contribution < -0.4 is 5.32 Å². The second-order valence-corrected chi connectivity index (χ2v) is 8.63. The molecule has 0 aliphatic carbocycles. The number of rotatable bonds is 6. The molecule has 7 heteroatoms. The third-order valence-electron chi connectivity index (χ3n) is 3.13. The Kier molecular flexibility index (Phi) is 5.08. The van der Waals surface area contributed by atoms with Crippen LogP contribution >= 0.6 is 11.3 Å². The zero-order valence-corrected chi connectivity index (χ0v) is 14.4. The van der Waals surface area contributed by atoms with Gasteiger partial charge in [-0.05, 0) is 38.1 Å². The van der Waals surface area contributed by atoms with Crippen LogP contribution in [-0.2, 0) is 9.84 Å². The third kappa shape index (κ3) is 4.20. The van der Waals surface area contributed by atoms with Crippen molar-refractivity contribution in [2.75, 3.05) is 11.5 Å². The van der Waals surface area contributed by atoms with Gasteiger partial charge in [-0.3, -0.25) is 4.79 Å². The smallest absolute Gasteiger partial charge is 0.261 e. The van der Waals surface area contributed by atoms with Gasteiger partial charge in [0.25, 0.3) is 5.91 Å². The van der Waals surface area contributed by atoms with Gasteiger partial charge in [0.05, 0.1) is 15.5 Å². The Balaban J connectivity index is 2.03. The Labute approximate surface area is 134 Å². The molecule has 120 valence electrons. The summed E-state index contributed by atoms with van der Waals surface area (Å²) in [7, 11) is -3.11. The van der Waals surface area contributed by atoms with E-state index in [-0.39, 0.29) is 17.4 Å². The summed E-state index contributed by atoms with van der Waals surface area (Å²) in [6.45, 7) is 5.15. The van der Waals surface area contributed by atoms with Gasteiger partial charge in [0.15, 0.2) is 9.84 Å². The highest BCUT2D eigenvalue weighted by atomic mass is 32.2. The predicted molar refractivity (Wildman–Crippen MR) is 88.0 cm³/mol. The molecule has 0 spiro atoms. The van der Waals surface area contributed by atoms with Crippen molar-refractivity contribution >= 4 is 27.1 Å². The van der Waals surface area contributed by atoms with E-state index in [4.69, 9.17) is 4.42 Å². The molecule has 2 aromatic rings. The summed E-state index contributed by atoms with van der Waals surface area (Å²) in [5.74, 6) is 1.30. The third-order valence-corrected chi connectivity index (χ3v) is 6.12. The van der Waals surface area contributed by atoms with Crippen LogP contribution in [0.25, 0.3) is 10.6 Å². The fourth-order valence-corrected chi connectivity index (χ4v) is 3.95. The van der Waals surface area contributed by atoms with Gasteiger partial charge in [-0.25, -0.2) is 8.42 Å². The van der Waals surface area contributed by atoms with E-state index < -0.39 is 15.9 Å². The van der Waals surface area contributed by atoms with Crippen LogP contribution in [0.2, 0.25) is 0 Å². The lowest BCUT2D eigenvalue weighted by atomic mass is 10.3. The van der Waals surface area contributed by atoms with Crippen LogP contribution in [0.15, 0.2) is 28.7 Å². The molecule has 0 saturated carbocycles. The van der Waals surface area contributed by atoms with Crippen molar-refractivity contribution in [3.05, 3.63) is 34.9 Å². The van der Waals surface area contributed by atoms with Crippen LogP contribution in [0, 0.1) is 6.92 Å². The van der Waals surface area contributed by atoms with Gasteiger partial charge in [0.1, 0.15) is 11.5 Å². The molecule has 0 radical (unpaired) electrons. The zero-order valence-electron chi connectivity index (χ0n) is 12.8. The summed E-state index contributed by atoms with van der Waals surface area (Å²) < 4.78 is 28.6. The minimum Gasteiger partial charge on any atom is -0.461 e. The predicted octanol–water partition coefficient (Wildman–Crippen LogP) is 2.87. The van der Waals surface area contributed by atoms with E-state index in [9.17, 15) is 13.2 Å². The van der Waals surface area contributed by atoms with Gasteiger partial charge in [0.2, 0.25) is 0 Å². The molecule has 1 N–H and O–H groups in total. The van der Waals surface area contributed by atoms with E-state index in [0.717, 1.165) is 16.4 Å². The Morgan fingerprint density at radius 3 is 2.64 bits per heavy atom. The number of hydrogen-bond acceptors (Lipinski definition) is 5. The summed E-state index contributed by atoms with van der Waals surface area (Å²) in [4.78, 5) is 13.6. The maximum atomic E-state index is 12.2. The average molecular weight is 341 g/mol. The van der Waals surface area contributed by atoms with Crippen LogP contribution in [-0.4, -0.2) is 31.9 Å². The first kappa shape index (κ1) is 16.8. The fourth-order valence-electron chi connectivity index (χ4n) is 1.99. The molecule has 0 aliphatic rings. The maximum Gasteiger partial charge on any atom is 0.261 e. The normalized spacial score (nSPS) is 13.0. The number of sulfone groups is 1. The first-order chi connectivity index (χ1) is 10.3. The molecule has 2 rings (SSSR count). The number of furan rings is 1. The van der Waals surface area contributed by atoms with Crippen LogP contribution in [0.4, 0.5) is 0 Å². The van der Waals surface area contributed by atoms with Gasteiger partial charge < -0.3 is 9.73 Å². The molecule has 5 nitrogen and oxygen atoms in total. The van der Waals surface area contributed by atoms with Gasteiger partial charge in [0, 0.05) is 11.8 Å². The van der Waals surface area contributed by atoms with Crippen molar-refractivity contribution in [1.82, 2.24) is 5.32 Å². The van der Waals surface area contributed by atoms with Crippen LogP contribution in [0.1, 0.15) is 29.3 Å². The van der Waals surface area contributed by atoms with E-state index in [2.05, 4.69) is 5.32 Å².